The van der Waals surface area contributed by atoms with Crippen molar-refractivity contribution in [3.05, 3.63) is 76.0 Å². The maximum absolute atomic E-state index is 10.9. The molecule has 4 nitrogen and oxygen atoms in total. The molecule has 25 heavy (non-hydrogen) atoms. The number of nitrogens with two attached hydrogens (primary N) is 1. The van der Waals surface area contributed by atoms with E-state index in [-0.39, 0.29) is 0 Å². The van der Waals surface area contributed by atoms with Gasteiger partial charge in [-0.1, -0.05) is 48.5 Å². The van der Waals surface area contributed by atoms with E-state index in [1.165, 1.54) is 21.2 Å². The highest BCUT2D eigenvalue weighted by atomic mass is 32.1. The van der Waals surface area contributed by atoms with Crippen LogP contribution in [0.2, 0.25) is 0 Å². The number of hydroxylamine groups is 2. The van der Waals surface area contributed by atoms with Crippen molar-refractivity contribution >= 4 is 34.2 Å². The third-order valence-electron chi connectivity index (χ3n) is 4.03. The van der Waals surface area contributed by atoms with Gasteiger partial charge in [-0.15, -0.1) is 11.3 Å². The highest BCUT2D eigenvalue weighted by molar-refractivity contribution is 7.12. The molecule has 0 bridgehead atoms. The van der Waals surface area contributed by atoms with E-state index in [2.05, 4.69) is 42.5 Å². The zero-order chi connectivity index (χ0) is 17.8. The second-order valence-corrected chi connectivity index (χ2v) is 7.14. The lowest BCUT2D eigenvalue weighted by molar-refractivity contribution is -0.0560. The lowest BCUT2D eigenvalue weighted by atomic mass is 10.0. The zero-order valence-corrected chi connectivity index (χ0v) is 14.7. The van der Waals surface area contributed by atoms with Gasteiger partial charge in [0.05, 0.1) is 6.04 Å². The Kier molecular flexibility index (Phi) is 5.16. The van der Waals surface area contributed by atoms with Crippen LogP contribution in [0.3, 0.4) is 0 Å². The molecule has 0 spiro atoms. The summed E-state index contributed by atoms with van der Waals surface area (Å²) in [6.45, 7) is 1.70. The predicted octanol–water partition coefficient (Wildman–Crippen LogP) is 4.66. The molecular formula is C20H20N2O2S. The summed E-state index contributed by atoms with van der Waals surface area (Å²) in [6.07, 6.45) is 4.52. The monoisotopic (exact) mass is 352 g/mol. The summed E-state index contributed by atoms with van der Waals surface area (Å²) in [5.74, 6) is 0. The summed E-state index contributed by atoms with van der Waals surface area (Å²) in [5.41, 5.74) is 6.32. The lowest BCUT2D eigenvalue weighted by Crippen LogP contribution is -2.38. The topological polar surface area (TPSA) is 66.6 Å². The fraction of sp³-hybridized carbons (Fsp3) is 0.150. The average Bonchev–Trinajstić information content (AvgIpc) is 3.06. The Bertz CT molecular complexity index is 917. The number of nitrogens with zero attached hydrogens (tertiary/aromatic N) is 1. The molecule has 3 N–H and O–H groups in total. The van der Waals surface area contributed by atoms with E-state index < -0.39 is 12.1 Å². The van der Waals surface area contributed by atoms with Gasteiger partial charge in [0.15, 0.2) is 0 Å². The van der Waals surface area contributed by atoms with Crippen LogP contribution in [0, 0.1) is 0 Å². The number of fused-ring (bicyclic) bond motifs is 1. The van der Waals surface area contributed by atoms with Gasteiger partial charge in [-0.3, -0.25) is 5.21 Å². The molecule has 3 aromatic rings. The van der Waals surface area contributed by atoms with E-state index in [0.29, 0.717) is 5.06 Å². The van der Waals surface area contributed by atoms with Gasteiger partial charge in [-0.2, -0.15) is 5.06 Å². The number of rotatable bonds is 5. The maximum Gasteiger partial charge on any atom is 0.339 e. The van der Waals surface area contributed by atoms with E-state index in [1.807, 2.05) is 18.2 Å². The van der Waals surface area contributed by atoms with Gasteiger partial charge in [0.1, 0.15) is 0 Å². The van der Waals surface area contributed by atoms with Crippen molar-refractivity contribution in [2.45, 2.75) is 19.4 Å². The van der Waals surface area contributed by atoms with Crippen LogP contribution in [0.4, 0.5) is 4.79 Å². The molecule has 1 heterocycles. The minimum atomic E-state index is -0.861. The summed E-state index contributed by atoms with van der Waals surface area (Å²) in [5, 5.41) is 12.5. The number of hydrogen-bond acceptors (Lipinski definition) is 3. The summed E-state index contributed by atoms with van der Waals surface area (Å²) >= 11 is 1.69. The molecule has 0 saturated heterocycles. The van der Waals surface area contributed by atoms with Gasteiger partial charge in [0, 0.05) is 16.2 Å². The largest absolute Gasteiger partial charge is 0.350 e. The molecule has 0 aliphatic rings. The Balaban J connectivity index is 1.69. The van der Waals surface area contributed by atoms with Crippen LogP contribution in [0.5, 0.6) is 0 Å². The highest BCUT2D eigenvalue weighted by Gasteiger charge is 2.11. The minimum Gasteiger partial charge on any atom is -0.350 e. The highest BCUT2D eigenvalue weighted by Crippen LogP contribution is 2.23. The van der Waals surface area contributed by atoms with E-state index in [4.69, 9.17) is 5.73 Å². The molecular weight excluding hydrogens is 332 g/mol. The van der Waals surface area contributed by atoms with Crippen LogP contribution in [0.25, 0.3) is 16.8 Å². The maximum atomic E-state index is 10.9. The Morgan fingerprint density at radius 3 is 2.72 bits per heavy atom. The number of urea groups is 1. The number of thiophene rings is 1. The number of carbonyl (C=O) groups excluding carboxylic acids is 1. The number of amides is 2. The van der Waals surface area contributed by atoms with Crippen LogP contribution in [-0.4, -0.2) is 22.3 Å². The first-order chi connectivity index (χ1) is 12.0. The van der Waals surface area contributed by atoms with E-state index in [1.54, 1.807) is 24.3 Å². The van der Waals surface area contributed by atoms with Gasteiger partial charge in [0.2, 0.25) is 0 Å². The fourth-order valence-electron chi connectivity index (χ4n) is 2.65. The van der Waals surface area contributed by atoms with Crippen LogP contribution in [0.1, 0.15) is 22.2 Å². The summed E-state index contributed by atoms with van der Waals surface area (Å²) < 4.78 is 0. The molecule has 1 unspecified atom stereocenters. The molecule has 2 amide bonds. The van der Waals surface area contributed by atoms with Crippen molar-refractivity contribution in [2.24, 2.45) is 5.73 Å². The zero-order valence-electron chi connectivity index (χ0n) is 13.9. The normalized spacial score (nSPS) is 12.6. The van der Waals surface area contributed by atoms with Crippen molar-refractivity contribution in [1.82, 2.24) is 5.06 Å². The first kappa shape index (κ1) is 17.2. The van der Waals surface area contributed by atoms with Gasteiger partial charge < -0.3 is 5.73 Å². The predicted molar refractivity (Wildman–Crippen MR) is 103 cm³/mol. The number of carbonyl (C=O) groups is 1. The van der Waals surface area contributed by atoms with Crippen molar-refractivity contribution < 1.29 is 10.0 Å². The Morgan fingerprint density at radius 1 is 1.20 bits per heavy atom. The summed E-state index contributed by atoms with van der Waals surface area (Å²) in [6, 6.07) is 17.7. The van der Waals surface area contributed by atoms with Crippen LogP contribution in [-0.2, 0) is 6.42 Å². The van der Waals surface area contributed by atoms with Crippen LogP contribution >= 0.6 is 11.3 Å². The first-order valence-electron chi connectivity index (χ1n) is 8.05. The van der Waals surface area contributed by atoms with Crippen LogP contribution < -0.4 is 5.73 Å². The van der Waals surface area contributed by atoms with Crippen molar-refractivity contribution in [3.63, 3.8) is 0 Å². The molecule has 0 fully saturated rings. The Morgan fingerprint density at radius 2 is 1.96 bits per heavy atom. The second-order valence-electron chi connectivity index (χ2n) is 5.94. The lowest BCUT2D eigenvalue weighted by Gasteiger charge is -2.16. The van der Waals surface area contributed by atoms with Crippen molar-refractivity contribution in [3.8, 4) is 0 Å². The SMILES string of the molecule is CC(/C=C\c1ccc(Cc2ccc3ccccc3c2)s1)N(O)C(N)=O. The quantitative estimate of drug-likeness (QED) is 0.518. The standard InChI is InChI=1S/C20H20N2O2S/c1-14(22(24)20(21)23)6-9-18-10-11-19(25-18)13-15-7-8-16-4-2-3-5-17(16)12-15/h2-12,14,24H,13H2,1H3,(H2,21,23)/b9-6-. The molecule has 0 radical (unpaired) electrons. The Labute approximate surface area is 150 Å². The molecule has 2 aromatic carbocycles. The fourth-order valence-corrected chi connectivity index (χ4v) is 3.61. The third kappa shape index (κ3) is 4.26. The molecule has 0 aliphatic heterocycles. The number of primary amides is 1. The van der Waals surface area contributed by atoms with E-state index in [9.17, 15) is 10.0 Å². The molecule has 0 aliphatic carbocycles. The Hall–Kier alpha value is -2.63. The molecule has 128 valence electrons. The molecule has 1 aromatic heterocycles. The molecule has 5 heteroatoms. The second kappa shape index (κ2) is 7.51. The molecule has 0 saturated carbocycles. The van der Waals surface area contributed by atoms with E-state index in [0.717, 1.165) is 11.3 Å². The number of benzene rings is 2. The summed E-state index contributed by atoms with van der Waals surface area (Å²) in [4.78, 5) is 13.3. The van der Waals surface area contributed by atoms with Crippen molar-refractivity contribution in [2.75, 3.05) is 0 Å². The minimum absolute atomic E-state index is 0.469. The van der Waals surface area contributed by atoms with Crippen molar-refractivity contribution in [1.29, 1.82) is 0 Å². The third-order valence-corrected chi connectivity index (χ3v) is 5.08. The number of hydrogen-bond donors (Lipinski definition) is 2. The van der Waals surface area contributed by atoms with E-state index >= 15 is 0 Å². The van der Waals surface area contributed by atoms with Gasteiger partial charge in [-0.05, 0) is 41.5 Å². The van der Waals surface area contributed by atoms with Gasteiger partial charge in [0.25, 0.3) is 0 Å². The first-order valence-corrected chi connectivity index (χ1v) is 8.87. The average molecular weight is 352 g/mol. The van der Waals surface area contributed by atoms with Gasteiger partial charge in [-0.25, -0.2) is 4.79 Å². The summed E-state index contributed by atoms with van der Waals surface area (Å²) in [7, 11) is 0. The smallest absolute Gasteiger partial charge is 0.339 e. The van der Waals surface area contributed by atoms with Crippen LogP contribution in [0.15, 0.2) is 60.7 Å². The van der Waals surface area contributed by atoms with Gasteiger partial charge >= 0.3 is 6.03 Å². The molecule has 1 atom stereocenters. The molecule has 3 rings (SSSR count).